The van der Waals surface area contributed by atoms with Crippen LogP contribution in [0, 0.1) is 5.92 Å². The van der Waals surface area contributed by atoms with Gasteiger partial charge >= 0.3 is 5.97 Å². The van der Waals surface area contributed by atoms with Gasteiger partial charge in [-0.25, -0.2) is 0 Å². The highest BCUT2D eigenvalue weighted by Crippen LogP contribution is 2.25. The van der Waals surface area contributed by atoms with E-state index in [9.17, 15) is 9.90 Å². The zero-order valence-corrected chi connectivity index (χ0v) is 12.3. The molecule has 0 fully saturated rings. The van der Waals surface area contributed by atoms with Crippen LogP contribution in [-0.4, -0.2) is 36.2 Å². The Morgan fingerprint density at radius 1 is 1.21 bits per heavy atom. The highest BCUT2D eigenvalue weighted by molar-refractivity contribution is 5.73. The molecule has 1 aromatic carbocycles. The fourth-order valence-electron chi connectivity index (χ4n) is 2.29. The van der Waals surface area contributed by atoms with Crippen LogP contribution in [0.15, 0.2) is 24.3 Å². The van der Waals surface area contributed by atoms with Crippen LogP contribution in [0.3, 0.4) is 0 Å². The Labute approximate surface area is 115 Å². The molecule has 0 aromatic heterocycles. The van der Waals surface area contributed by atoms with Crippen molar-refractivity contribution in [3.05, 3.63) is 29.8 Å². The lowest BCUT2D eigenvalue weighted by atomic mass is 9.99. The molecule has 2 unspecified atom stereocenters. The second kappa shape index (κ2) is 6.57. The molecule has 2 atom stereocenters. The van der Waals surface area contributed by atoms with Crippen molar-refractivity contribution in [2.45, 2.75) is 32.9 Å². The fourth-order valence-corrected chi connectivity index (χ4v) is 2.29. The molecule has 106 valence electrons. The van der Waals surface area contributed by atoms with Crippen molar-refractivity contribution in [3.8, 4) is 5.75 Å². The summed E-state index contributed by atoms with van der Waals surface area (Å²) in [7, 11) is 3.48. The molecule has 1 aromatic rings. The fraction of sp³-hybridized carbons (Fsp3) is 0.533. The minimum absolute atomic E-state index is 0.0365. The van der Waals surface area contributed by atoms with Gasteiger partial charge in [-0.2, -0.15) is 0 Å². The standard InChI is InChI=1S/C15H23NO3/c1-10(2)14(15(17)18)16(4)11(3)12-6-8-13(19-5)9-7-12/h6-11,14H,1-5H3,(H,17,18). The molecule has 0 saturated heterocycles. The predicted molar refractivity (Wildman–Crippen MR) is 75.4 cm³/mol. The van der Waals surface area contributed by atoms with E-state index in [1.54, 1.807) is 7.11 Å². The van der Waals surface area contributed by atoms with Crippen LogP contribution < -0.4 is 4.74 Å². The number of carboxylic acids is 1. The number of carboxylic acid groups (broad SMARTS) is 1. The zero-order chi connectivity index (χ0) is 14.6. The normalized spacial score (nSPS) is 14.5. The summed E-state index contributed by atoms with van der Waals surface area (Å²) in [6.45, 7) is 5.87. The number of nitrogens with zero attached hydrogens (tertiary/aromatic N) is 1. The molecule has 4 heteroatoms. The summed E-state index contributed by atoms with van der Waals surface area (Å²) in [6.07, 6.45) is 0. The lowest BCUT2D eigenvalue weighted by molar-refractivity contribution is -0.145. The van der Waals surface area contributed by atoms with Gasteiger partial charge < -0.3 is 9.84 Å². The van der Waals surface area contributed by atoms with E-state index < -0.39 is 12.0 Å². The van der Waals surface area contributed by atoms with Crippen molar-refractivity contribution in [2.75, 3.05) is 14.2 Å². The first-order valence-corrected chi connectivity index (χ1v) is 6.47. The summed E-state index contributed by atoms with van der Waals surface area (Å²) in [5.74, 6) is 0.0818. The van der Waals surface area contributed by atoms with Gasteiger partial charge in [-0.15, -0.1) is 0 Å². The van der Waals surface area contributed by atoms with Crippen molar-refractivity contribution < 1.29 is 14.6 Å². The summed E-state index contributed by atoms with van der Waals surface area (Å²) >= 11 is 0. The summed E-state index contributed by atoms with van der Waals surface area (Å²) in [5, 5.41) is 9.33. The predicted octanol–water partition coefficient (Wildman–Crippen LogP) is 2.80. The van der Waals surface area contributed by atoms with Crippen LogP contribution in [-0.2, 0) is 4.79 Å². The molecular weight excluding hydrogens is 242 g/mol. The van der Waals surface area contributed by atoms with Crippen LogP contribution in [0.5, 0.6) is 5.75 Å². The smallest absolute Gasteiger partial charge is 0.321 e. The summed E-state index contributed by atoms with van der Waals surface area (Å²) in [6, 6.07) is 7.28. The van der Waals surface area contributed by atoms with Crippen LogP contribution >= 0.6 is 0 Å². The quantitative estimate of drug-likeness (QED) is 0.859. The van der Waals surface area contributed by atoms with Crippen LogP contribution in [0.25, 0.3) is 0 Å². The average molecular weight is 265 g/mol. The largest absolute Gasteiger partial charge is 0.497 e. The Kier molecular flexibility index (Phi) is 5.36. The zero-order valence-electron chi connectivity index (χ0n) is 12.3. The number of ether oxygens (including phenoxy) is 1. The van der Waals surface area contributed by atoms with E-state index in [0.717, 1.165) is 11.3 Å². The van der Waals surface area contributed by atoms with Gasteiger partial charge in [-0.3, -0.25) is 9.69 Å². The van der Waals surface area contributed by atoms with Crippen molar-refractivity contribution in [2.24, 2.45) is 5.92 Å². The van der Waals surface area contributed by atoms with E-state index in [0.29, 0.717) is 0 Å². The first kappa shape index (κ1) is 15.5. The number of methoxy groups -OCH3 is 1. The molecule has 0 radical (unpaired) electrons. The van der Waals surface area contributed by atoms with Crippen LogP contribution in [0.1, 0.15) is 32.4 Å². The van der Waals surface area contributed by atoms with E-state index in [1.165, 1.54) is 0 Å². The molecule has 4 nitrogen and oxygen atoms in total. The lowest BCUT2D eigenvalue weighted by Crippen LogP contribution is -2.43. The summed E-state index contributed by atoms with van der Waals surface area (Å²) in [4.78, 5) is 13.3. The molecular formula is C15H23NO3. The number of carbonyl (C=O) groups is 1. The lowest BCUT2D eigenvalue weighted by Gasteiger charge is -2.33. The molecule has 0 amide bonds. The Bertz CT molecular complexity index is 414. The Morgan fingerprint density at radius 3 is 2.11 bits per heavy atom. The number of benzene rings is 1. The van der Waals surface area contributed by atoms with Gasteiger partial charge in [0.1, 0.15) is 11.8 Å². The van der Waals surface area contributed by atoms with E-state index >= 15 is 0 Å². The van der Waals surface area contributed by atoms with Gasteiger partial charge in [0.2, 0.25) is 0 Å². The highest BCUT2D eigenvalue weighted by Gasteiger charge is 2.29. The SMILES string of the molecule is COc1ccc(C(C)N(C)C(C(=O)O)C(C)C)cc1. The topological polar surface area (TPSA) is 49.8 Å². The van der Waals surface area contributed by atoms with Gasteiger partial charge in [-0.05, 0) is 37.6 Å². The van der Waals surface area contributed by atoms with Gasteiger partial charge in [-0.1, -0.05) is 26.0 Å². The number of hydrogen-bond acceptors (Lipinski definition) is 3. The van der Waals surface area contributed by atoms with Gasteiger partial charge in [0.15, 0.2) is 0 Å². The molecule has 0 bridgehead atoms. The Balaban J connectivity index is 2.90. The molecule has 1 rings (SSSR count). The molecule has 19 heavy (non-hydrogen) atoms. The third-order valence-electron chi connectivity index (χ3n) is 3.53. The maximum atomic E-state index is 11.4. The second-order valence-electron chi connectivity index (χ2n) is 5.14. The monoisotopic (exact) mass is 265 g/mol. The van der Waals surface area contributed by atoms with Crippen LogP contribution in [0.2, 0.25) is 0 Å². The summed E-state index contributed by atoms with van der Waals surface area (Å²) < 4.78 is 5.13. The average Bonchev–Trinajstić information content (AvgIpc) is 2.37. The first-order chi connectivity index (χ1) is 8.88. The van der Waals surface area contributed by atoms with E-state index in [-0.39, 0.29) is 12.0 Å². The van der Waals surface area contributed by atoms with Gasteiger partial charge in [0.05, 0.1) is 7.11 Å². The highest BCUT2D eigenvalue weighted by atomic mass is 16.5. The molecule has 0 aliphatic heterocycles. The second-order valence-corrected chi connectivity index (χ2v) is 5.14. The third kappa shape index (κ3) is 3.70. The van der Waals surface area contributed by atoms with Crippen molar-refractivity contribution in [1.29, 1.82) is 0 Å². The minimum Gasteiger partial charge on any atom is -0.497 e. The third-order valence-corrected chi connectivity index (χ3v) is 3.53. The molecule has 0 aliphatic rings. The van der Waals surface area contributed by atoms with Crippen molar-refractivity contribution >= 4 is 5.97 Å². The molecule has 0 saturated carbocycles. The van der Waals surface area contributed by atoms with Gasteiger partial charge in [0, 0.05) is 6.04 Å². The molecule has 0 spiro atoms. The molecule has 0 heterocycles. The number of hydrogen-bond donors (Lipinski definition) is 1. The number of rotatable bonds is 6. The molecule has 1 N–H and O–H groups in total. The van der Waals surface area contributed by atoms with Crippen molar-refractivity contribution in [1.82, 2.24) is 4.90 Å². The van der Waals surface area contributed by atoms with E-state index in [2.05, 4.69) is 0 Å². The van der Waals surface area contributed by atoms with E-state index in [4.69, 9.17) is 4.74 Å². The number of aliphatic carboxylic acids is 1. The number of likely N-dealkylation sites (N-methyl/N-ethyl adjacent to an activating group) is 1. The Morgan fingerprint density at radius 2 is 1.74 bits per heavy atom. The first-order valence-electron chi connectivity index (χ1n) is 6.47. The molecule has 0 aliphatic carbocycles. The maximum absolute atomic E-state index is 11.4. The van der Waals surface area contributed by atoms with Crippen molar-refractivity contribution in [3.63, 3.8) is 0 Å². The minimum atomic E-state index is -0.780. The maximum Gasteiger partial charge on any atom is 0.321 e. The van der Waals surface area contributed by atoms with E-state index in [1.807, 2.05) is 57.0 Å². The van der Waals surface area contributed by atoms with Gasteiger partial charge in [0.25, 0.3) is 0 Å². The Hall–Kier alpha value is -1.55. The van der Waals surface area contributed by atoms with Crippen LogP contribution in [0.4, 0.5) is 0 Å². The summed E-state index contributed by atoms with van der Waals surface area (Å²) in [5.41, 5.74) is 1.08.